The van der Waals surface area contributed by atoms with Crippen LogP contribution < -0.4 is 4.72 Å². The Morgan fingerprint density at radius 3 is 2.36 bits per heavy atom. The molecule has 0 aliphatic carbocycles. The van der Waals surface area contributed by atoms with E-state index in [1.54, 1.807) is 18.1 Å². The Morgan fingerprint density at radius 1 is 0.964 bits per heavy atom. The SMILES string of the molecule is CC(C)(C)c1ccc(SNc2ccnc3cc(-c4ccc(Cl)cc4)nn23)cc1. The van der Waals surface area contributed by atoms with Gasteiger partial charge in [0, 0.05) is 27.7 Å². The van der Waals surface area contributed by atoms with Crippen molar-refractivity contribution in [1.82, 2.24) is 14.6 Å². The molecule has 1 N–H and O–H groups in total. The van der Waals surface area contributed by atoms with E-state index in [2.05, 4.69) is 54.7 Å². The Bertz CT molecular complexity index is 1100. The number of aromatic nitrogens is 3. The van der Waals surface area contributed by atoms with E-state index in [-0.39, 0.29) is 5.41 Å². The Balaban J connectivity index is 1.56. The maximum atomic E-state index is 5.99. The molecular formula is C22H21ClN4S. The second-order valence-corrected chi connectivity index (χ2v) is 8.93. The third-order valence-electron chi connectivity index (χ3n) is 4.49. The van der Waals surface area contributed by atoms with Crippen molar-refractivity contribution in [3.8, 4) is 11.3 Å². The lowest BCUT2D eigenvalue weighted by atomic mass is 9.87. The van der Waals surface area contributed by atoms with Gasteiger partial charge in [0.1, 0.15) is 5.82 Å². The van der Waals surface area contributed by atoms with Crippen molar-refractivity contribution in [2.45, 2.75) is 31.1 Å². The van der Waals surface area contributed by atoms with Crippen LogP contribution in [0.1, 0.15) is 26.3 Å². The van der Waals surface area contributed by atoms with Crippen LogP contribution in [-0.4, -0.2) is 14.6 Å². The largest absolute Gasteiger partial charge is 0.310 e. The third kappa shape index (κ3) is 4.01. The molecule has 0 atom stereocenters. The van der Waals surface area contributed by atoms with Crippen LogP contribution in [0.25, 0.3) is 16.9 Å². The molecule has 4 nitrogen and oxygen atoms in total. The van der Waals surface area contributed by atoms with E-state index in [1.165, 1.54) is 5.56 Å². The lowest BCUT2D eigenvalue weighted by Crippen LogP contribution is -2.10. The van der Waals surface area contributed by atoms with Crippen molar-refractivity contribution in [2.24, 2.45) is 0 Å². The Labute approximate surface area is 174 Å². The summed E-state index contributed by atoms with van der Waals surface area (Å²) < 4.78 is 5.21. The van der Waals surface area contributed by atoms with E-state index < -0.39 is 0 Å². The molecule has 2 heterocycles. The minimum absolute atomic E-state index is 0.154. The second-order valence-electron chi connectivity index (χ2n) is 7.62. The van der Waals surface area contributed by atoms with Crippen LogP contribution >= 0.6 is 23.5 Å². The summed E-state index contributed by atoms with van der Waals surface area (Å²) in [5.74, 6) is 0.870. The fourth-order valence-corrected chi connectivity index (χ4v) is 3.64. The van der Waals surface area contributed by atoms with Crippen LogP contribution in [-0.2, 0) is 5.41 Å². The Hall–Kier alpha value is -2.50. The van der Waals surface area contributed by atoms with E-state index in [9.17, 15) is 0 Å². The van der Waals surface area contributed by atoms with E-state index in [1.807, 2.05) is 40.9 Å². The average Bonchev–Trinajstić information content (AvgIpc) is 3.11. The van der Waals surface area contributed by atoms with E-state index in [0.717, 1.165) is 27.6 Å². The van der Waals surface area contributed by atoms with Crippen LogP contribution in [0.5, 0.6) is 0 Å². The highest BCUT2D eigenvalue weighted by atomic mass is 35.5. The van der Waals surface area contributed by atoms with Gasteiger partial charge in [-0.3, -0.25) is 0 Å². The van der Waals surface area contributed by atoms with Crippen molar-refractivity contribution in [2.75, 3.05) is 4.72 Å². The van der Waals surface area contributed by atoms with Gasteiger partial charge in [0.15, 0.2) is 5.65 Å². The van der Waals surface area contributed by atoms with Gasteiger partial charge in [-0.15, -0.1) is 0 Å². The van der Waals surface area contributed by atoms with Gasteiger partial charge in [0.05, 0.1) is 5.69 Å². The summed E-state index contributed by atoms with van der Waals surface area (Å²) >= 11 is 7.55. The summed E-state index contributed by atoms with van der Waals surface area (Å²) in [4.78, 5) is 5.57. The maximum absolute atomic E-state index is 5.99. The number of rotatable bonds is 4. The quantitative estimate of drug-likeness (QED) is 0.393. The number of hydrogen-bond donors (Lipinski definition) is 1. The monoisotopic (exact) mass is 408 g/mol. The smallest absolute Gasteiger partial charge is 0.157 e. The molecule has 0 radical (unpaired) electrons. The Kier molecular flexibility index (Phi) is 5.04. The molecular weight excluding hydrogens is 388 g/mol. The first-order chi connectivity index (χ1) is 13.4. The summed E-state index contributed by atoms with van der Waals surface area (Å²) in [6.07, 6.45) is 1.79. The summed E-state index contributed by atoms with van der Waals surface area (Å²) in [7, 11) is 0. The zero-order valence-corrected chi connectivity index (χ0v) is 17.6. The first-order valence-electron chi connectivity index (χ1n) is 9.04. The van der Waals surface area contributed by atoms with Gasteiger partial charge in [-0.25, -0.2) is 4.98 Å². The number of anilines is 1. The predicted molar refractivity (Wildman–Crippen MR) is 118 cm³/mol. The Morgan fingerprint density at radius 2 is 1.68 bits per heavy atom. The molecule has 0 unspecified atom stereocenters. The number of halogens is 1. The van der Waals surface area contributed by atoms with Gasteiger partial charge in [0.25, 0.3) is 0 Å². The van der Waals surface area contributed by atoms with Gasteiger partial charge in [-0.2, -0.15) is 9.61 Å². The molecule has 2 aromatic carbocycles. The lowest BCUT2D eigenvalue weighted by molar-refractivity contribution is 0.590. The van der Waals surface area contributed by atoms with Crippen molar-refractivity contribution in [3.63, 3.8) is 0 Å². The van der Waals surface area contributed by atoms with E-state index >= 15 is 0 Å². The molecule has 0 fully saturated rings. The van der Waals surface area contributed by atoms with Crippen molar-refractivity contribution in [1.29, 1.82) is 0 Å². The summed E-state index contributed by atoms with van der Waals surface area (Å²) in [6, 6.07) is 20.2. The number of fused-ring (bicyclic) bond motifs is 1. The van der Waals surface area contributed by atoms with Gasteiger partial charge >= 0.3 is 0 Å². The van der Waals surface area contributed by atoms with Crippen LogP contribution in [0.2, 0.25) is 5.02 Å². The van der Waals surface area contributed by atoms with Gasteiger partial charge in [-0.1, -0.05) is 56.6 Å². The number of nitrogens with one attached hydrogen (secondary N) is 1. The van der Waals surface area contributed by atoms with E-state index in [4.69, 9.17) is 16.7 Å². The predicted octanol–water partition coefficient (Wildman–Crippen LogP) is 6.47. The molecule has 6 heteroatoms. The van der Waals surface area contributed by atoms with Crippen LogP contribution in [0, 0.1) is 0 Å². The molecule has 0 spiro atoms. The standard InChI is InChI=1S/C22H21ClN4S/c1-22(2,3)16-6-10-18(11-7-16)28-26-20-12-13-24-21-14-19(25-27(20)21)15-4-8-17(23)9-5-15/h4-14,26H,1-3H3. The normalized spacial score (nSPS) is 11.7. The molecule has 4 aromatic rings. The topological polar surface area (TPSA) is 42.2 Å². The third-order valence-corrected chi connectivity index (χ3v) is 5.56. The average molecular weight is 409 g/mol. The highest BCUT2D eigenvalue weighted by Gasteiger charge is 2.13. The van der Waals surface area contributed by atoms with Gasteiger partial charge in [0.2, 0.25) is 0 Å². The first kappa shape index (κ1) is 18.8. The molecule has 0 saturated heterocycles. The highest BCUT2D eigenvalue weighted by Crippen LogP contribution is 2.27. The number of benzene rings is 2. The van der Waals surface area contributed by atoms with E-state index in [0.29, 0.717) is 5.02 Å². The molecule has 28 heavy (non-hydrogen) atoms. The molecule has 0 saturated carbocycles. The molecule has 142 valence electrons. The molecule has 0 aliphatic heterocycles. The summed E-state index contributed by atoms with van der Waals surface area (Å²) in [6.45, 7) is 6.66. The van der Waals surface area contributed by atoms with Crippen LogP contribution in [0.4, 0.5) is 5.82 Å². The van der Waals surface area contributed by atoms with Crippen molar-refractivity contribution >= 4 is 35.0 Å². The van der Waals surface area contributed by atoms with Gasteiger partial charge < -0.3 is 4.72 Å². The minimum atomic E-state index is 0.154. The maximum Gasteiger partial charge on any atom is 0.157 e. The van der Waals surface area contributed by atoms with Crippen molar-refractivity contribution in [3.05, 3.63) is 77.4 Å². The summed E-state index contributed by atoms with van der Waals surface area (Å²) in [5.41, 5.74) is 4.13. The molecule has 0 bridgehead atoms. The molecule has 2 aromatic heterocycles. The fraction of sp³-hybridized carbons (Fsp3) is 0.182. The number of hydrogen-bond acceptors (Lipinski definition) is 4. The zero-order chi connectivity index (χ0) is 19.7. The molecule has 4 rings (SSSR count). The zero-order valence-electron chi connectivity index (χ0n) is 16.0. The van der Waals surface area contributed by atoms with Crippen LogP contribution in [0.15, 0.2) is 71.8 Å². The lowest BCUT2D eigenvalue weighted by Gasteiger charge is -2.19. The molecule has 0 aliphatic rings. The first-order valence-corrected chi connectivity index (χ1v) is 10.2. The molecule has 0 amide bonds. The number of nitrogens with zero attached hydrogens (tertiary/aromatic N) is 3. The summed E-state index contributed by atoms with van der Waals surface area (Å²) in [5, 5.41) is 5.42. The minimum Gasteiger partial charge on any atom is -0.310 e. The second kappa shape index (κ2) is 7.49. The fourth-order valence-electron chi connectivity index (χ4n) is 2.87. The van der Waals surface area contributed by atoms with Crippen LogP contribution in [0.3, 0.4) is 0 Å². The van der Waals surface area contributed by atoms with Gasteiger partial charge in [-0.05, 0) is 53.3 Å². The highest BCUT2D eigenvalue weighted by molar-refractivity contribution is 8.00. The van der Waals surface area contributed by atoms with Crippen molar-refractivity contribution < 1.29 is 0 Å².